The summed E-state index contributed by atoms with van der Waals surface area (Å²) >= 11 is 3.93. The fraction of sp³-hybridized carbons (Fsp3) is 0.231. The van der Waals surface area contributed by atoms with Gasteiger partial charge in [0.15, 0.2) is 0 Å². The van der Waals surface area contributed by atoms with E-state index in [1.807, 2.05) is 22.7 Å². The van der Waals surface area contributed by atoms with Crippen LogP contribution in [0.5, 0.6) is 0 Å². The van der Waals surface area contributed by atoms with Crippen molar-refractivity contribution in [3.8, 4) is 11.1 Å². The molecular weight excluding hydrogens is 940 g/mol. The monoisotopic (exact) mass is 996 g/mol. The maximum Gasteiger partial charge on any atom is 0.673 e. The maximum absolute atomic E-state index is 9.75. The van der Waals surface area contributed by atoms with Gasteiger partial charge in [-0.3, -0.25) is 0 Å². The normalized spacial score (nSPS) is 15.6. The van der Waals surface area contributed by atoms with E-state index in [0.717, 1.165) is 0 Å². The van der Waals surface area contributed by atoms with E-state index in [1.165, 1.54) is 114 Å². The van der Waals surface area contributed by atoms with Crippen molar-refractivity contribution < 1.29 is 36.7 Å². The number of rotatable bonds is 7. The zero-order valence-electron chi connectivity index (χ0n) is 36.0. The molecule has 6 aromatic rings. The van der Waals surface area contributed by atoms with Crippen molar-refractivity contribution in [2.45, 2.75) is 79.1 Å². The Morgan fingerprint density at radius 1 is 0.355 bits per heavy atom. The molecule has 0 spiro atoms. The first kappa shape index (κ1) is 51.1. The number of allylic oxidation sites excluding steroid dienone is 8. The van der Waals surface area contributed by atoms with E-state index in [1.54, 1.807) is 0 Å². The minimum Gasteiger partial charge on any atom is -0.418 e. The fourth-order valence-corrected chi connectivity index (χ4v) is 15.4. The molecule has 2 aliphatic carbocycles. The number of hydrogen-bond acceptors (Lipinski definition) is 2. The van der Waals surface area contributed by atoms with Crippen LogP contribution in [0.1, 0.15) is 70.9 Å². The van der Waals surface area contributed by atoms with Gasteiger partial charge in [0.05, 0.1) is 0 Å². The number of aryl methyl sites for hydroxylation is 4. The molecule has 0 nitrogen and oxygen atoms in total. The van der Waals surface area contributed by atoms with Crippen molar-refractivity contribution in [1.29, 1.82) is 0 Å². The molecule has 2 heterocycles. The van der Waals surface area contributed by atoms with Gasteiger partial charge in [0.1, 0.15) is 0 Å². The smallest absolute Gasteiger partial charge is 0.418 e. The third kappa shape index (κ3) is 15.9. The first-order valence-corrected chi connectivity index (χ1v) is 25.3. The summed E-state index contributed by atoms with van der Waals surface area (Å²) < 4.78 is 39.0. The SMILES string of the molecule is C1=C\CC/C=C\CC/1.C1=C\CC/C=C\CC/1.Cc1sc(C)c(P(c2ccccc2)c2ccccc2)c1-c1c(C)sc(C)c1P(c1ccccc1)c1ccccc1.F[B-](F)(F)F.[Rh]. The van der Waals surface area contributed by atoms with Gasteiger partial charge in [0, 0.05) is 60.7 Å². The molecule has 0 aliphatic heterocycles. The van der Waals surface area contributed by atoms with Crippen LogP contribution in [0.3, 0.4) is 0 Å². The van der Waals surface area contributed by atoms with Gasteiger partial charge in [0.25, 0.3) is 0 Å². The minimum atomic E-state index is -6.00. The molecule has 8 rings (SSSR count). The van der Waals surface area contributed by atoms with Crippen LogP contribution >= 0.6 is 38.5 Å². The Kier molecular flexibility index (Phi) is 22.3. The van der Waals surface area contributed by atoms with Crippen molar-refractivity contribution >= 4 is 77.6 Å². The van der Waals surface area contributed by atoms with Crippen LogP contribution in [-0.4, -0.2) is 7.25 Å². The molecule has 0 unspecified atom stereocenters. The molecule has 0 amide bonds. The Morgan fingerprint density at radius 3 is 0.742 bits per heavy atom. The molecule has 0 saturated heterocycles. The molecule has 4 aromatic carbocycles. The van der Waals surface area contributed by atoms with Gasteiger partial charge >= 0.3 is 7.25 Å². The summed E-state index contributed by atoms with van der Waals surface area (Å²) in [5.74, 6) is 0. The molecular formula is C52H56BF4P2RhS2-. The van der Waals surface area contributed by atoms with Gasteiger partial charge in [-0.1, -0.05) is 170 Å². The van der Waals surface area contributed by atoms with E-state index < -0.39 is 23.1 Å². The average Bonchev–Trinajstić information content (AvgIpc) is 3.66. The summed E-state index contributed by atoms with van der Waals surface area (Å²) in [7, 11) is -7.42. The molecule has 0 bridgehead atoms. The van der Waals surface area contributed by atoms with Gasteiger partial charge in [-0.15, -0.1) is 22.7 Å². The van der Waals surface area contributed by atoms with E-state index in [-0.39, 0.29) is 19.5 Å². The zero-order valence-corrected chi connectivity index (χ0v) is 41.0. The van der Waals surface area contributed by atoms with Crippen LogP contribution in [0, 0.1) is 27.7 Å². The molecule has 2 aromatic heterocycles. The maximum atomic E-state index is 9.75. The molecule has 0 N–H and O–H groups in total. The quantitative estimate of drug-likeness (QED) is 0.0647. The third-order valence-electron chi connectivity index (χ3n) is 9.88. The second-order valence-corrected chi connectivity index (χ2v) is 21.7. The van der Waals surface area contributed by atoms with E-state index in [4.69, 9.17) is 0 Å². The Bertz CT molecular complexity index is 2020. The van der Waals surface area contributed by atoms with E-state index in [9.17, 15) is 17.3 Å². The largest absolute Gasteiger partial charge is 0.673 e. The van der Waals surface area contributed by atoms with Crippen molar-refractivity contribution in [3.63, 3.8) is 0 Å². The summed E-state index contributed by atoms with van der Waals surface area (Å²) in [4.78, 5) is 5.71. The Morgan fingerprint density at radius 2 is 0.548 bits per heavy atom. The standard InChI is InChI=1S/C36H32P2S2.2C8H12.BF4.Rh/c1-25-33(35(27(3)39-25)37(29-17-9-5-10-18-29)30-19-11-6-12-20-30)34-26(2)40-28(4)36(34)38(31-21-13-7-14-22-31)32-23-15-8-16-24-32;2*1-2-4-6-8-7-5-3-1;2-1(3,4)5;/h5-24H,1-4H3;2*1-2,7-8H,3-6H2;;/q;;;-1;/b;2*2-1-,8-7-;;. The Hall–Kier alpha value is -3.49. The topological polar surface area (TPSA) is 0 Å². The van der Waals surface area contributed by atoms with Crippen LogP contribution in [0.25, 0.3) is 11.1 Å². The summed E-state index contributed by atoms with van der Waals surface area (Å²) in [6.45, 7) is 9.35. The van der Waals surface area contributed by atoms with Gasteiger partial charge in [-0.25, -0.2) is 0 Å². The molecule has 2 aliphatic rings. The first-order chi connectivity index (χ1) is 29.5. The number of halogens is 4. The van der Waals surface area contributed by atoms with Crippen LogP contribution in [0.2, 0.25) is 0 Å². The summed E-state index contributed by atoms with van der Waals surface area (Å²) in [6.07, 6.45) is 28.0. The van der Waals surface area contributed by atoms with Crippen LogP contribution < -0.4 is 31.8 Å². The van der Waals surface area contributed by atoms with Gasteiger partial charge in [-0.05, 0) is 116 Å². The third-order valence-corrected chi connectivity index (χ3v) is 17.5. The molecule has 0 fully saturated rings. The second-order valence-electron chi connectivity index (χ2n) is 14.6. The molecule has 1 radical (unpaired) electrons. The van der Waals surface area contributed by atoms with Crippen LogP contribution in [0.15, 0.2) is 170 Å². The fourth-order valence-electron chi connectivity index (χ4n) is 7.31. The molecule has 62 heavy (non-hydrogen) atoms. The minimum absolute atomic E-state index is 0. The molecule has 327 valence electrons. The Balaban J connectivity index is 0.000000314. The zero-order chi connectivity index (χ0) is 43.5. The van der Waals surface area contributed by atoms with Gasteiger partial charge < -0.3 is 17.3 Å². The average molecular weight is 997 g/mol. The van der Waals surface area contributed by atoms with Gasteiger partial charge in [0.2, 0.25) is 0 Å². The molecule has 0 atom stereocenters. The number of hydrogen-bond donors (Lipinski definition) is 0. The number of benzene rings is 4. The number of thiophene rings is 2. The van der Waals surface area contributed by atoms with Crippen LogP contribution in [-0.2, 0) is 19.5 Å². The van der Waals surface area contributed by atoms with E-state index in [0.29, 0.717) is 0 Å². The van der Waals surface area contributed by atoms with Crippen molar-refractivity contribution in [1.82, 2.24) is 0 Å². The van der Waals surface area contributed by atoms with Crippen molar-refractivity contribution in [2.24, 2.45) is 0 Å². The summed E-state index contributed by atoms with van der Waals surface area (Å²) in [5, 5.41) is 8.67. The van der Waals surface area contributed by atoms with Crippen LogP contribution in [0.4, 0.5) is 17.3 Å². The summed E-state index contributed by atoms with van der Waals surface area (Å²) in [5.41, 5.74) is 2.94. The predicted octanol–water partition coefficient (Wildman–Crippen LogP) is 14.9. The van der Waals surface area contributed by atoms with Crippen molar-refractivity contribution in [3.05, 3.63) is 189 Å². The first-order valence-electron chi connectivity index (χ1n) is 21.0. The predicted molar refractivity (Wildman–Crippen MR) is 268 cm³/mol. The van der Waals surface area contributed by atoms with E-state index in [2.05, 4.69) is 198 Å². The molecule has 10 heteroatoms. The summed E-state index contributed by atoms with van der Waals surface area (Å²) in [6, 6.07) is 44.6. The molecule has 0 saturated carbocycles. The van der Waals surface area contributed by atoms with Gasteiger partial charge in [-0.2, -0.15) is 0 Å². The van der Waals surface area contributed by atoms with Crippen molar-refractivity contribution in [2.75, 3.05) is 0 Å². The second kappa shape index (κ2) is 27.0. The Labute approximate surface area is 391 Å². The van der Waals surface area contributed by atoms with E-state index >= 15 is 0 Å².